The Bertz CT molecular complexity index is 913. The van der Waals surface area contributed by atoms with Gasteiger partial charge in [-0.05, 0) is 47.7 Å². The summed E-state index contributed by atoms with van der Waals surface area (Å²) >= 11 is 1.80. The largest absolute Gasteiger partial charge is 0.494 e. The van der Waals surface area contributed by atoms with Crippen molar-refractivity contribution in [2.75, 3.05) is 17.8 Å². The number of rotatable bonds is 18. The van der Waals surface area contributed by atoms with E-state index in [4.69, 9.17) is 4.74 Å². The predicted molar refractivity (Wildman–Crippen MR) is 155 cm³/mol. The summed E-state index contributed by atoms with van der Waals surface area (Å²) in [4.78, 5) is 15.0. The van der Waals surface area contributed by atoms with Crippen LogP contribution in [0.5, 0.6) is 5.75 Å². The summed E-state index contributed by atoms with van der Waals surface area (Å²) in [5.74, 6) is 1.64. The van der Waals surface area contributed by atoms with Gasteiger partial charge in [0.1, 0.15) is 5.75 Å². The maximum absolute atomic E-state index is 12.7. The number of nitrogens with one attached hydrogen (secondary N) is 1. The van der Waals surface area contributed by atoms with Gasteiger partial charge in [0.15, 0.2) is 0 Å². The fourth-order valence-electron chi connectivity index (χ4n) is 4.40. The van der Waals surface area contributed by atoms with Gasteiger partial charge in [-0.1, -0.05) is 95.8 Å². The monoisotopic (exact) mass is 508 g/mol. The van der Waals surface area contributed by atoms with E-state index in [-0.39, 0.29) is 5.91 Å². The van der Waals surface area contributed by atoms with Crippen LogP contribution in [0.15, 0.2) is 60.1 Å². The summed E-state index contributed by atoms with van der Waals surface area (Å²) in [5.41, 5.74) is 2.65. The number of amides is 1. The van der Waals surface area contributed by atoms with Crippen LogP contribution in [0.1, 0.15) is 99.9 Å². The second kappa shape index (κ2) is 17.1. The van der Waals surface area contributed by atoms with E-state index in [1.807, 2.05) is 36.4 Å². The molecule has 1 N–H and O–H groups in total. The molecule has 0 saturated heterocycles. The van der Waals surface area contributed by atoms with Crippen LogP contribution in [0.2, 0.25) is 0 Å². The first-order chi connectivity index (χ1) is 17.7. The topological polar surface area (TPSA) is 41.6 Å². The lowest BCUT2D eigenvalue weighted by molar-refractivity contribution is 0.102. The number of hydrogen-bond donors (Lipinski definition) is 1. The van der Waals surface area contributed by atoms with Crippen LogP contribution in [0.3, 0.4) is 0 Å². The number of nitrogens with zero attached hydrogens (tertiary/aromatic N) is 1. The highest BCUT2D eigenvalue weighted by Crippen LogP contribution is 2.20. The van der Waals surface area contributed by atoms with E-state index in [0.717, 1.165) is 30.3 Å². The van der Waals surface area contributed by atoms with Crippen LogP contribution in [-0.2, 0) is 6.54 Å². The molecule has 3 rings (SSSR count). The Morgan fingerprint density at radius 1 is 0.889 bits per heavy atom. The summed E-state index contributed by atoms with van der Waals surface area (Å²) in [6, 6.07) is 15.6. The van der Waals surface area contributed by atoms with Crippen molar-refractivity contribution < 1.29 is 9.53 Å². The van der Waals surface area contributed by atoms with Gasteiger partial charge in [0.25, 0.3) is 5.91 Å². The maximum Gasteiger partial charge on any atom is 0.255 e. The van der Waals surface area contributed by atoms with Crippen molar-refractivity contribution in [3.05, 3.63) is 71.3 Å². The Kier molecular flexibility index (Phi) is 13.4. The van der Waals surface area contributed by atoms with Crippen LogP contribution in [0.4, 0.5) is 5.69 Å². The fourth-order valence-corrected chi connectivity index (χ4v) is 5.11. The molecule has 1 aliphatic rings. The van der Waals surface area contributed by atoms with E-state index in [2.05, 4.69) is 40.9 Å². The summed E-state index contributed by atoms with van der Waals surface area (Å²) in [7, 11) is 0. The van der Waals surface area contributed by atoms with Crippen LogP contribution >= 0.6 is 11.8 Å². The van der Waals surface area contributed by atoms with Crippen LogP contribution in [0.25, 0.3) is 0 Å². The lowest BCUT2D eigenvalue weighted by Crippen LogP contribution is -2.13. The van der Waals surface area contributed by atoms with Crippen LogP contribution in [-0.4, -0.2) is 23.3 Å². The van der Waals surface area contributed by atoms with Crippen molar-refractivity contribution in [3.8, 4) is 5.75 Å². The number of ether oxygens (including phenoxy) is 1. The van der Waals surface area contributed by atoms with E-state index < -0.39 is 0 Å². The first-order valence-electron chi connectivity index (χ1n) is 13.9. The highest BCUT2D eigenvalue weighted by molar-refractivity contribution is 8.02. The minimum atomic E-state index is -0.113. The number of thioether (sulfide) groups is 1. The number of benzene rings is 2. The second-order valence-electron chi connectivity index (χ2n) is 9.74. The van der Waals surface area contributed by atoms with Gasteiger partial charge < -0.3 is 15.0 Å². The van der Waals surface area contributed by atoms with Gasteiger partial charge in [0.2, 0.25) is 0 Å². The van der Waals surface area contributed by atoms with Crippen molar-refractivity contribution in [1.29, 1.82) is 0 Å². The normalized spacial score (nSPS) is 12.8. The molecule has 0 atom stereocenters. The van der Waals surface area contributed by atoms with Crippen LogP contribution in [0, 0.1) is 0 Å². The number of anilines is 1. The van der Waals surface area contributed by atoms with Crippen molar-refractivity contribution in [3.63, 3.8) is 0 Å². The molecule has 0 spiro atoms. The minimum Gasteiger partial charge on any atom is -0.494 e. The molecule has 1 amide bonds. The fraction of sp³-hybridized carbons (Fsp3) is 0.516. The smallest absolute Gasteiger partial charge is 0.255 e. The molecule has 5 heteroatoms. The second-order valence-corrected chi connectivity index (χ2v) is 10.6. The van der Waals surface area contributed by atoms with Crippen molar-refractivity contribution >= 4 is 23.4 Å². The lowest BCUT2D eigenvalue weighted by atomic mass is 10.1. The first kappa shape index (κ1) is 28.2. The average molecular weight is 509 g/mol. The molecular weight excluding hydrogens is 464 g/mol. The Morgan fingerprint density at radius 3 is 2.19 bits per heavy atom. The maximum atomic E-state index is 12.7. The Labute approximate surface area is 222 Å². The predicted octanol–water partition coefficient (Wildman–Crippen LogP) is 9.00. The molecule has 0 bridgehead atoms. The van der Waals surface area contributed by atoms with E-state index in [9.17, 15) is 4.79 Å². The van der Waals surface area contributed by atoms with Gasteiger partial charge in [-0.15, -0.1) is 11.8 Å². The van der Waals surface area contributed by atoms with Gasteiger partial charge in [0, 0.05) is 24.0 Å². The zero-order valence-corrected chi connectivity index (χ0v) is 22.9. The van der Waals surface area contributed by atoms with Gasteiger partial charge >= 0.3 is 0 Å². The molecule has 1 heterocycles. The lowest BCUT2D eigenvalue weighted by Gasteiger charge is -2.15. The molecule has 0 aromatic heterocycles. The molecule has 0 saturated carbocycles. The molecule has 0 aliphatic carbocycles. The molecule has 0 fully saturated rings. The Morgan fingerprint density at radius 2 is 1.56 bits per heavy atom. The average Bonchev–Trinajstić information content (AvgIpc) is 3.41. The molecule has 36 heavy (non-hydrogen) atoms. The van der Waals surface area contributed by atoms with Gasteiger partial charge in [-0.3, -0.25) is 4.79 Å². The highest BCUT2D eigenvalue weighted by atomic mass is 32.2. The molecule has 2 aromatic carbocycles. The number of hydrogen-bond acceptors (Lipinski definition) is 4. The van der Waals surface area contributed by atoms with Crippen molar-refractivity contribution in [2.45, 2.75) is 90.5 Å². The molecule has 1 aliphatic heterocycles. The van der Waals surface area contributed by atoms with Crippen molar-refractivity contribution in [2.24, 2.45) is 0 Å². The molecule has 4 nitrogen and oxygen atoms in total. The van der Waals surface area contributed by atoms with Gasteiger partial charge in [0.05, 0.1) is 12.5 Å². The molecular formula is C31H44N2O2S. The zero-order valence-electron chi connectivity index (χ0n) is 22.1. The summed E-state index contributed by atoms with van der Waals surface area (Å²) in [6.07, 6.45) is 18.1. The third-order valence-corrected chi connectivity index (χ3v) is 7.36. The number of carbonyl (C=O) groups is 1. The standard InChI is InChI=1S/C31H44N2O2S/c1-2-3-4-5-6-7-8-9-10-11-12-13-22-35-30-16-14-15-28(24-30)31(34)32-29-19-17-27(18-20-29)25-33-21-23-36-26-33/h14-21,23-24H,2-13,22,25-26H2,1H3,(H,32,34). The van der Waals surface area contributed by atoms with Gasteiger partial charge in [-0.2, -0.15) is 0 Å². The molecule has 0 unspecified atom stereocenters. The Balaban J connectivity index is 1.27. The number of carbonyl (C=O) groups excluding carboxylic acids is 1. The zero-order chi connectivity index (χ0) is 25.3. The minimum absolute atomic E-state index is 0.113. The van der Waals surface area contributed by atoms with E-state index in [0.29, 0.717) is 12.2 Å². The SMILES string of the molecule is CCCCCCCCCCCCCCOc1cccc(C(=O)Nc2ccc(CN3C=CSC3)cc2)c1. The Hall–Kier alpha value is -2.40. The van der Waals surface area contributed by atoms with Gasteiger partial charge in [-0.25, -0.2) is 0 Å². The van der Waals surface area contributed by atoms with Crippen molar-refractivity contribution in [1.82, 2.24) is 4.90 Å². The number of unbranched alkanes of at least 4 members (excludes halogenated alkanes) is 11. The molecule has 0 radical (unpaired) electrons. The summed E-state index contributed by atoms with van der Waals surface area (Å²) < 4.78 is 5.93. The van der Waals surface area contributed by atoms with Crippen LogP contribution < -0.4 is 10.1 Å². The third-order valence-electron chi connectivity index (χ3n) is 6.57. The van der Waals surface area contributed by atoms with E-state index >= 15 is 0 Å². The highest BCUT2D eigenvalue weighted by Gasteiger charge is 2.09. The quantitative estimate of drug-likeness (QED) is 0.204. The third kappa shape index (κ3) is 11.1. The van der Waals surface area contributed by atoms with E-state index in [1.54, 1.807) is 11.8 Å². The molecule has 2 aromatic rings. The summed E-state index contributed by atoms with van der Waals surface area (Å²) in [5, 5.41) is 5.11. The van der Waals surface area contributed by atoms with E-state index in [1.165, 1.54) is 76.2 Å². The summed E-state index contributed by atoms with van der Waals surface area (Å²) in [6.45, 7) is 3.86. The molecule has 196 valence electrons. The first-order valence-corrected chi connectivity index (χ1v) is 14.9.